The molecular weight excluding hydrogens is 308 g/mol. The van der Waals surface area contributed by atoms with Crippen LogP contribution in [0.2, 0.25) is 0 Å². The number of nitrogens with one attached hydrogen (secondary N) is 2. The third-order valence-electron chi connectivity index (χ3n) is 3.60. The number of carbonyl (C=O) groups excluding carboxylic acids is 2. The molecule has 2 amide bonds. The Kier molecular flexibility index (Phi) is 7.95. The van der Waals surface area contributed by atoms with E-state index in [9.17, 15) is 14.4 Å². The SMILES string of the molecule is CC(C)C[C@@H](NC(=O)CCC(=O)N[C@H](C)c1ccccc1)C(=O)O. The van der Waals surface area contributed by atoms with Gasteiger partial charge in [0.15, 0.2) is 0 Å². The summed E-state index contributed by atoms with van der Waals surface area (Å²) in [5, 5.41) is 14.4. The van der Waals surface area contributed by atoms with Crippen molar-refractivity contribution in [3.8, 4) is 0 Å². The van der Waals surface area contributed by atoms with Crippen molar-refractivity contribution in [3.63, 3.8) is 0 Å². The molecule has 0 aromatic heterocycles. The number of carbonyl (C=O) groups is 3. The fraction of sp³-hybridized carbons (Fsp3) is 0.500. The number of hydrogen-bond acceptors (Lipinski definition) is 3. The Morgan fingerprint density at radius 2 is 1.50 bits per heavy atom. The molecule has 0 saturated carbocycles. The van der Waals surface area contributed by atoms with Gasteiger partial charge in [-0.15, -0.1) is 0 Å². The second-order valence-electron chi connectivity index (χ2n) is 6.29. The smallest absolute Gasteiger partial charge is 0.326 e. The summed E-state index contributed by atoms with van der Waals surface area (Å²) in [5.74, 6) is -1.57. The first-order valence-electron chi connectivity index (χ1n) is 8.16. The van der Waals surface area contributed by atoms with Crippen molar-refractivity contribution in [1.82, 2.24) is 10.6 Å². The lowest BCUT2D eigenvalue weighted by Gasteiger charge is -2.17. The van der Waals surface area contributed by atoms with Crippen molar-refractivity contribution in [1.29, 1.82) is 0 Å². The molecule has 0 aliphatic heterocycles. The molecule has 3 N–H and O–H groups in total. The second kappa shape index (κ2) is 9.70. The van der Waals surface area contributed by atoms with E-state index in [0.717, 1.165) is 5.56 Å². The van der Waals surface area contributed by atoms with Crippen molar-refractivity contribution in [2.75, 3.05) is 0 Å². The molecular formula is C18H26N2O4. The number of carboxylic acid groups (broad SMARTS) is 1. The number of hydrogen-bond donors (Lipinski definition) is 3. The van der Waals surface area contributed by atoms with Gasteiger partial charge in [-0.25, -0.2) is 4.79 Å². The van der Waals surface area contributed by atoms with E-state index in [1.807, 2.05) is 51.1 Å². The van der Waals surface area contributed by atoms with Gasteiger partial charge >= 0.3 is 5.97 Å². The molecule has 0 aliphatic carbocycles. The van der Waals surface area contributed by atoms with Gasteiger partial charge in [0.25, 0.3) is 0 Å². The van der Waals surface area contributed by atoms with E-state index in [-0.39, 0.29) is 30.7 Å². The van der Waals surface area contributed by atoms with Crippen LogP contribution < -0.4 is 10.6 Å². The molecule has 0 unspecified atom stereocenters. The molecule has 6 heteroatoms. The van der Waals surface area contributed by atoms with E-state index in [4.69, 9.17) is 5.11 Å². The average Bonchev–Trinajstić information content (AvgIpc) is 2.52. The normalized spacial score (nSPS) is 13.2. The lowest BCUT2D eigenvalue weighted by atomic mass is 10.0. The van der Waals surface area contributed by atoms with Gasteiger partial charge in [0, 0.05) is 12.8 Å². The predicted octanol–water partition coefficient (Wildman–Crippen LogP) is 2.26. The van der Waals surface area contributed by atoms with Crippen LogP contribution in [0, 0.1) is 5.92 Å². The van der Waals surface area contributed by atoms with E-state index in [2.05, 4.69) is 10.6 Å². The molecule has 0 bridgehead atoms. The number of aliphatic carboxylic acids is 1. The summed E-state index contributed by atoms with van der Waals surface area (Å²) in [6.45, 7) is 5.65. The second-order valence-corrected chi connectivity index (χ2v) is 6.29. The Morgan fingerprint density at radius 3 is 2.00 bits per heavy atom. The van der Waals surface area contributed by atoms with Gasteiger partial charge in [-0.3, -0.25) is 9.59 Å². The van der Waals surface area contributed by atoms with Crippen molar-refractivity contribution >= 4 is 17.8 Å². The summed E-state index contributed by atoms with van der Waals surface area (Å²) in [6, 6.07) is 8.47. The predicted molar refractivity (Wildman–Crippen MR) is 91.3 cm³/mol. The minimum atomic E-state index is -1.06. The maximum absolute atomic E-state index is 11.9. The molecule has 0 spiro atoms. The topological polar surface area (TPSA) is 95.5 Å². The van der Waals surface area contributed by atoms with Gasteiger partial charge in [-0.2, -0.15) is 0 Å². The molecule has 0 aliphatic rings. The van der Waals surface area contributed by atoms with Gasteiger partial charge < -0.3 is 15.7 Å². The molecule has 1 aromatic rings. The van der Waals surface area contributed by atoms with Crippen molar-refractivity contribution < 1.29 is 19.5 Å². The Hall–Kier alpha value is -2.37. The standard InChI is InChI=1S/C18H26N2O4/c1-12(2)11-15(18(23)24)20-17(22)10-9-16(21)19-13(3)14-7-5-4-6-8-14/h4-8,12-13,15H,9-11H2,1-3H3,(H,19,21)(H,20,22)(H,23,24)/t13-,15-/m1/s1. The summed E-state index contributed by atoms with van der Waals surface area (Å²) in [4.78, 5) is 34.9. The van der Waals surface area contributed by atoms with E-state index >= 15 is 0 Å². The molecule has 0 radical (unpaired) electrons. The summed E-state index contributed by atoms with van der Waals surface area (Å²) < 4.78 is 0. The molecule has 1 rings (SSSR count). The maximum Gasteiger partial charge on any atom is 0.326 e. The van der Waals surface area contributed by atoms with Crippen LogP contribution in [0.4, 0.5) is 0 Å². The summed E-state index contributed by atoms with van der Waals surface area (Å²) in [5.41, 5.74) is 0.984. The highest BCUT2D eigenvalue weighted by Gasteiger charge is 2.21. The van der Waals surface area contributed by atoms with Crippen molar-refractivity contribution in [2.24, 2.45) is 5.92 Å². The Balaban J connectivity index is 2.40. The Labute approximate surface area is 142 Å². The number of amides is 2. The molecule has 0 saturated heterocycles. The van der Waals surface area contributed by atoms with Gasteiger partial charge in [0.2, 0.25) is 11.8 Å². The van der Waals surface area contributed by atoms with Crippen LogP contribution >= 0.6 is 0 Å². The average molecular weight is 334 g/mol. The minimum absolute atomic E-state index is 0.0248. The first-order chi connectivity index (χ1) is 11.3. The Morgan fingerprint density at radius 1 is 0.958 bits per heavy atom. The van der Waals surface area contributed by atoms with E-state index < -0.39 is 17.9 Å². The molecule has 0 fully saturated rings. The zero-order valence-corrected chi connectivity index (χ0v) is 14.4. The fourth-order valence-corrected chi connectivity index (χ4v) is 2.33. The molecule has 1 aromatic carbocycles. The van der Waals surface area contributed by atoms with Gasteiger partial charge in [0.1, 0.15) is 6.04 Å². The van der Waals surface area contributed by atoms with Crippen LogP contribution in [0.15, 0.2) is 30.3 Å². The van der Waals surface area contributed by atoms with Crippen LogP contribution in [0.1, 0.15) is 51.6 Å². The molecule has 2 atom stereocenters. The molecule has 132 valence electrons. The van der Waals surface area contributed by atoms with Crippen LogP contribution in [-0.4, -0.2) is 28.9 Å². The largest absolute Gasteiger partial charge is 0.480 e. The molecule has 24 heavy (non-hydrogen) atoms. The summed E-state index contributed by atoms with van der Waals surface area (Å²) >= 11 is 0. The number of carboxylic acids is 1. The van der Waals surface area contributed by atoms with Crippen molar-refractivity contribution in [2.45, 2.75) is 52.1 Å². The van der Waals surface area contributed by atoms with Crippen molar-refractivity contribution in [3.05, 3.63) is 35.9 Å². The first-order valence-corrected chi connectivity index (χ1v) is 8.16. The molecule has 6 nitrogen and oxygen atoms in total. The number of rotatable bonds is 9. The van der Waals surface area contributed by atoms with E-state index in [0.29, 0.717) is 6.42 Å². The zero-order chi connectivity index (χ0) is 18.1. The zero-order valence-electron chi connectivity index (χ0n) is 14.4. The maximum atomic E-state index is 11.9. The first kappa shape index (κ1) is 19.7. The highest BCUT2D eigenvalue weighted by molar-refractivity contribution is 5.87. The third kappa shape index (κ3) is 7.26. The lowest BCUT2D eigenvalue weighted by Crippen LogP contribution is -2.42. The minimum Gasteiger partial charge on any atom is -0.480 e. The molecule has 0 heterocycles. The van der Waals surface area contributed by atoms with Crippen LogP contribution in [0.25, 0.3) is 0 Å². The summed E-state index contributed by atoms with van der Waals surface area (Å²) in [6.07, 6.45) is 0.352. The van der Waals surface area contributed by atoms with E-state index in [1.54, 1.807) is 0 Å². The van der Waals surface area contributed by atoms with Gasteiger partial charge in [-0.1, -0.05) is 44.2 Å². The van der Waals surface area contributed by atoms with Crippen LogP contribution in [0.5, 0.6) is 0 Å². The summed E-state index contributed by atoms with van der Waals surface area (Å²) in [7, 11) is 0. The van der Waals surface area contributed by atoms with Crippen LogP contribution in [-0.2, 0) is 14.4 Å². The lowest BCUT2D eigenvalue weighted by molar-refractivity contribution is -0.142. The fourth-order valence-electron chi connectivity index (χ4n) is 2.33. The van der Waals surface area contributed by atoms with Gasteiger partial charge in [-0.05, 0) is 24.8 Å². The monoisotopic (exact) mass is 334 g/mol. The highest BCUT2D eigenvalue weighted by Crippen LogP contribution is 2.11. The van der Waals surface area contributed by atoms with Gasteiger partial charge in [0.05, 0.1) is 6.04 Å². The van der Waals surface area contributed by atoms with E-state index in [1.165, 1.54) is 0 Å². The highest BCUT2D eigenvalue weighted by atomic mass is 16.4. The number of benzene rings is 1. The Bertz CT molecular complexity index is 557. The third-order valence-corrected chi connectivity index (χ3v) is 3.60. The van der Waals surface area contributed by atoms with Crippen LogP contribution in [0.3, 0.4) is 0 Å². The quantitative estimate of drug-likeness (QED) is 0.645.